The van der Waals surface area contributed by atoms with Crippen LogP contribution in [0.5, 0.6) is 0 Å². The van der Waals surface area contributed by atoms with Gasteiger partial charge < -0.3 is 5.73 Å². The van der Waals surface area contributed by atoms with Gasteiger partial charge in [-0.3, -0.25) is 0 Å². The number of rotatable bonds is 2. The van der Waals surface area contributed by atoms with Crippen LogP contribution in [0.15, 0.2) is 66.8 Å². The maximum Gasteiger partial charge on any atom is 0.0634 e. The third-order valence-corrected chi connectivity index (χ3v) is 4.09. The molecule has 2 aromatic carbocycles. The quantitative estimate of drug-likeness (QED) is 0.858. The van der Waals surface area contributed by atoms with Gasteiger partial charge in [0.05, 0.1) is 5.54 Å². The Bertz CT molecular complexity index is 690. The standard InChI is InChI=1S/C20H21N/c1-15-12-16(2)14-19(13-15)20(21)10-8-18(9-11-20)17-6-4-3-5-7-17/h3-10,12-14H,11,21H2,1-2H3. The number of hydrogen-bond donors (Lipinski definition) is 1. The molecule has 21 heavy (non-hydrogen) atoms. The molecule has 0 saturated carbocycles. The summed E-state index contributed by atoms with van der Waals surface area (Å²) in [5.74, 6) is 0. The smallest absolute Gasteiger partial charge is 0.0634 e. The highest BCUT2D eigenvalue weighted by molar-refractivity contribution is 5.75. The van der Waals surface area contributed by atoms with E-state index < -0.39 is 5.54 Å². The van der Waals surface area contributed by atoms with Crippen molar-refractivity contribution in [3.8, 4) is 0 Å². The van der Waals surface area contributed by atoms with Crippen molar-refractivity contribution < 1.29 is 0 Å². The van der Waals surface area contributed by atoms with Crippen molar-refractivity contribution in [3.63, 3.8) is 0 Å². The molecular formula is C20H21N. The molecule has 0 radical (unpaired) electrons. The van der Waals surface area contributed by atoms with E-state index >= 15 is 0 Å². The molecule has 0 bridgehead atoms. The van der Waals surface area contributed by atoms with Crippen molar-refractivity contribution in [2.45, 2.75) is 25.8 Å². The Morgan fingerprint density at radius 1 is 0.952 bits per heavy atom. The number of benzene rings is 2. The van der Waals surface area contributed by atoms with Gasteiger partial charge in [-0.25, -0.2) is 0 Å². The molecule has 0 fully saturated rings. The van der Waals surface area contributed by atoms with Crippen LogP contribution in [0.4, 0.5) is 0 Å². The second-order valence-corrected chi connectivity index (χ2v) is 5.98. The van der Waals surface area contributed by atoms with Crippen LogP contribution in [0, 0.1) is 13.8 Å². The van der Waals surface area contributed by atoms with Gasteiger partial charge >= 0.3 is 0 Å². The zero-order chi connectivity index (χ0) is 14.9. The fraction of sp³-hybridized carbons (Fsp3) is 0.200. The summed E-state index contributed by atoms with van der Waals surface area (Å²) < 4.78 is 0. The summed E-state index contributed by atoms with van der Waals surface area (Å²) in [6.07, 6.45) is 7.36. The molecule has 2 N–H and O–H groups in total. The minimum absolute atomic E-state index is 0.394. The van der Waals surface area contributed by atoms with E-state index in [1.807, 2.05) is 6.07 Å². The Balaban J connectivity index is 1.90. The number of allylic oxidation sites excluding steroid dienone is 2. The lowest BCUT2D eigenvalue weighted by Crippen LogP contribution is -2.35. The van der Waals surface area contributed by atoms with E-state index in [4.69, 9.17) is 5.73 Å². The summed E-state index contributed by atoms with van der Waals surface area (Å²) in [6.45, 7) is 4.25. The van der Waals surface area contributed by atoms with Gasteiger partial charge in [0.25, 0.3) is 0 Å². The lowest BCUT2D eigenvalue weighted by Gasteiger charge is -2.29. The highest BCUT2D eigenvalue weighted by Crippen LogP contribution is 2.33. The van der Waals surface area contributed by atoms with Crippen molar-refractivity contribution in [1.82, 2.24) is 0 Å². The maximum absolute atomic E-state index is 6.63. The van der Waals surface area contributed by atoms with Crippen LogP contribution in [0.2, 0.25) is 0 Å². The topological polar surface area (TPSA) is 26.0 Å². The SMILES string of the molecule is Cc1cc(C)cc(C2(N)C=CC(c3ccccc3)=CC2)c1. The van der Waals surface area contributed by atoms with E-state index in [1.54, 1.807) is 0 Å². The highest BCUT2D eigenvalue weighted by atomic mass is 14.7. The lowest BCUT2D eigenvalue weighted by molar-refractivity contribution is 0.566. The third kappa shape index (κ3) is 2.84. The average molecular weight is 275 g/mol. The van der Waals surface area contributed by atoms with E-state index in [1.165, 1.54) is 27.8 Å². The monoisotopic (exact) mass is 275 g/mol. The molecule has 0 spiro atoms. The number of hydrogen-bond acceptors (Lipinski definition) is 1. The van der Waals surface area contributed by atoms with Crippen molar-refractivity contribution in [3.05, 3.63) is 89.0 Å². The van der Waals surface area contributed by atoms with Crippen LogP contribution < -0.4 is 5.73 Å². The van der Waals surface area contributed by atoms with Gasteiger partial charge in [0, 0.05) is 0 Å². The predicted octanol–water partition coefficient (Wildman–Crippen LogP) is 4.50. The van der Waals surface area contributed by atoms with Gasteiger partial charge in [0.15, 0.2) is 0 Å². The maximum atomic E-state index is 6.63. The van der Waals surface area contributed by atoms with Gasteiger partial charge in [-0.15, -0.1) is 0 Å². The van der Waals surface area contributed by atoms with E-state index in [2.05, 4.69) is 74.5 Å². The highest BCUT2D eigenvalue weighted by Gasteiger charge is 2.26. The molecule has 0 aromatic heterocycles. The van der Waals surface area contributed by atoms with E-state index in [9.17, 15) is 0 Å². The van der Waals surface area contributed by atoms with Crippen molar-refractivity contribution in [1.29, 1.82) is 0 Å². The van der Waals surface area contributed by atoms with Crippen LogP contribution in [0.25, 0.3) is 5.57 Å². The lowest BCUT2D eigenvalue weighted by atomic mass is 9.81. The second kappa shape index (κ2) is 5.34. The van der Waals surface area contributed by atoms with Gasteiger partial charge in [-0.05, 0) is 37.0 Å². The Morgan fingerprint density at radius 3 is 2.19 bits per heavy atom. The van der Waals surface area contributed by atoms with Gasteiger partial charge in [-0.1, -0.05) is 77.9 Å². The fourth-order valence-electron chi connectivity index (χ4n) is 2.96. The molecule has 1 heteroatoms. The molecule has 0 saturated heterocycles. The fourth-order valence-corrected chi connectivity index (χ4v) is 2.96. The molecule has 0 aliphatic heterocycles. The first-order chi connectivity index (χ1) is 10.1. The van der Waals surface area contributed by atoms with Crippen LogP contribution in [0.3, 0.4) is 0 Å². The first-order valence-electron chi connectivity index (χ1n) is 7.39. The second-order valence-electron chi connectivity index (χ2n) is 5.98. The molecule has 1 atom stereocenters. The Labute approximate surface area is 126 Å². The van der Waals surface area contributed by atoms with E-state index in [0.717, 1.165) is 6.42 Å². The van der Waals surface area contributed by atoms with Crippen LogP contribution in [-0.4, -0.2) is 0 Å². The predicted molar refractivity (Wildman–Crippen MR) is 90.0 cm³/mol. The Morgan fingerprint density at radius 2 is 1.62 bits per heavy atom. The first-order valence-corrected chi connectivity index (χ1v) is 7.39. The summed E-state index contributed by atoms with van der Waals surface area (Å²) in [7, 11) is 0. The zero-order valence-electron chi connectivity index (χ0n) is 12.6. The Hall–Kier alpha value is -2.12. The molecule has 1 unspecified atom stereocenters. The van der Waals surface area contributed by atoms with Gasteiger partial charge in [0.2, 0.25) is 0 Å². The first kappa shape index (κ1) is 13.8. The minimum atomic E-state index is -0.394. The molecule has 0 amide bonds. The molecule has 1 aliphatic carbocycles. The molecule has 1 aliphatic rings. The van der Waals surface area contributed by atoms with Crippen molar-refractivity contribution in [2.75, 3.05) is 0 Å². The average Bonchev–Trinajstić information content (AvgIpc) is 2.48. The van der Waals surface area contributed by atoms with Crippen LogP contribution in [-0.2, 0) is 5.54 Å². The molecule has 106 valence electrons. The van der Waals surface area contributed by atoms with Gasteiger partial charge in [-0.2, -0.15) is 0 Å². The van der Waals surface area contributed by atoms with E-state index in [0.29, 0.717) is 0 Å². The summed E-state index contributed by atoms with van der Waals surface area (Å²) >= 11 is 0. The van der Waals surface area contributed by atoms with E-state index in [-0.39, 0.29) is 0 Å². The summed E-state index contributed by atoms with van der Waals surface area (Å²) in [5, 5.41) is 0. The molecule has 0 heterocycles. The summed E-state index contributed by atoms with van der Waals surface area (Å²) in [6, 6.07) is 17.0. The molecule has 2 aromatic rings. The minimum Gasteiger partial charge on any atom is -0.318 e. The zero-order valence-corrected chi connectivity index (χ0v) is 12.6. The van der Waals surface area contributed by atoms with Crippen LogP contribution >= 0.6 is 0 Å². The summed E-state index contributed by atoms with van der Waals surface area (Å²) in [4.78, 5) is 0. The van der Waals surface area contributed by atoms with Crippen molar-refractivity contribution in [2.24, 2.45) is 5.73 Å². The molecule has 1 nitrogen and oxygen atoms in total. The third-order valence-electron chi connectivity index (χ3n) is 4.09. The molecule has 3 rings (SSSR count). The largest absolute Gasteiger partial charge is 0.318 e. The summed E-state index contributed by atoms with van der Waals surface area (Å²) in [5.41, 5.74) is 12.5. The molecular weight excluding hydrogens is 254 g/mol. The van der Waals surface area contributed by atoms with Crippen LogP contribution in [0.1, 0.15) is 28.7 Å². The van der Waals surface area contributed by atoms with Gasteiger partial charge in [0.1, 0.15) is 0 Å². The number of nitrogens with two attached hydrogens (primary N) is 1. The Kier molecular flexibility index (Phi) is 3.52. The van der Waals surface area contributed by atoms with Crippen molar-refractivity contribution >= 4 is 5.57 Å². The normalized spacial score (nSPS) is 21.2. The number of aryl methyl sites for hydroxylation is 2.